The lowest BCUT2D eigenvalue weighted by atomic mass is 10.2. The van der Waals surface area contributed by atoms with Gasteiger partial charge in [-0.1, -0.05) is 36.5 Å². The summed E-state index contributed by atoms with van der Waals surface area (Å²) in [5.74, 6) is 0. The molecule has 0 saturated carbocycles. The van der Waals surface area contributed by atoms with Gasteiger partial charge in [0.25, 0.3) is 0 Å². The van der Waals surface area contributed by atoms with Gasteiger partial charge >= 0.3 is 15.2 Å². The molecule has 0 aliphatic rings. The first-order chi connectivity index (χ1) is 10.1. The van der Waals surface area contributed by atoms with Crippen LogP contribution < -0.4 is 0 Å². The second kappa shape index (κ2) is 9.61. The van der Waals surface area contributed by atoms with E-state index in [0.29, 0.717) is 13.2 Å². The molecule has 0 aromatic rings. The largest absolute Gasteiger partial charge is 0.339 e. The second-order valence-corrected chi connectivity index (χ2v) is 9.36. The van der Waals surface area contributed by atoms with Gasteiger partial charge in [-0.3, -0.25) is 9.13 Å². The number of hydrogen-bond donors (Lipinski definition) is 2. The molecule has 0 heterocycles. The molecule has 22 heavy (non-hydrogen) atoms. The van der Waals surface area contributed by atoms with Crippen LogP contribution in [0.25, 0.3) is 0 Å². The molecule has 0 atom stereocenters. The highest BCUT2D eigenvalue weighted by Gasteiger charge is 2.40. The Morgan fingerprint density at radius 3 is 1.91 bits per heavy atom. The lowest BCUT2D eigenvalue weighted by molar-refractivity contribution is 0.207. The van der Waals surface area contributed by atoms with Gasteiger partial charge in [0, 0.05) is 0 Å². The number of allylic oxidation sites excluding steroid dienone is 6. The van der Waals surface area contributed by atoms with Gasteiger partial charge in [0.1, 0.15) is 0 Å². The molecule has 0 spiro atoms. The van der Waals surface area contributed by atoms with E-state index < -0.39 is 20.3 Å². The Morgan fingerprint density at radius 2 is 1.45 bits per heavy atom. The summed E-state index contributed by atoms with van der Waals surface area (Å²) in [6, 6.07) is 0. The fraction of sp³-hybridized carbons (Fsp3) is 0.571. The maximum Gasteiger partial charge on any atom is 0.339 e. The van der Waals surface area contributed by atoms with Crippen molar-refractivity contribution in [3.63, 3.8) is 0 Å². The molecule has 2 N–H and O–H groups in total. The molecule has 0 amide bonds. The minimum atomic E-state index is -3.99. The molecule has 6 nitrogen and oxygen atoms in total. The van der Waals surface area contributed by atoms with E-state index in [1.54, 1.807) is 58.1 Å². The Bertz CT molecular complexity index is 491. The highest BCUT2D eigenvalue weighted by atomic mass is 31.2. The number of hydrogen-bond acceptors (Lipinski definition) is 4. The van der Waals surface area contributed by atoms with Gasteiger partial charge in [-0.25, -0.2) is 0 Å². The van der Waals surface area contributed by atoms with Crippen molar-refractivity contribution >= 4 is 15.2 Å². The molecule has 0 saturated heterocycles. The Balaban J connectivity index is 4.75. The third kappa shape index (κ3) is 8.23. The first-order valence-electron chi connectivity index (χ1n) is 7.03. The monoisotopic (exact) mass is 352 g/mol. The summed E-state index contributed by atoms with van der Waals surface area (Å²) < 4.78 is 34.0. The molecular formula is C14H26O6P2. The van der Waals surface area contributed by atoms with E-state index in [1.807, 2.05) is 0 Å². The first-order valence-corrected chi connectivity index (χ1v) is 10.4. The summed E-state index contributed by atoms with van der Waals surface area (Å²) in [5.41, 5.74) is 0. The van der Waals surface area contributed by atoms with Crippen LogP contribution in [-0.2, 0) is 18.2 Å². The predicted octanol–water partition coefficient (Wildman–Crippen LogP) is 3.88. The highest BCUT2D eigenvalue weighted by Crippen LogP contribution is 2.60. The van der Waals surface area contributed by atoms with Gasteiger partial charge in [0.05, 0.1) is 24.5 Å². The Kier molecular flexibility index (Phi) is 9.40. The third-order valence-corrected chi connectivity index (χ3v) is 6.06. The molecule has 0 aromatic heterocycles. The zero-order valence-electron chi connectivity index (χ0n) is 13.5. The summed E-state index contributed by atoms with van der Waals surface area (Å²) in [6.45, 7) is 7.67. The van der Waals surface area contributed by atoms with E-state index in [0.717, 1.165) is 0 Å². The summed E-state index contributed by atoms with van der Waals surface area (Å²) in [5, 5.41) is -0.779. The van der Waals surface area contributed by atoms with Crippen LogP contribution in [0, 0.1) is 0 Å². The van der Waals surface area contributed by atoms with Crippen LogP contribution in [0.15, 0.2) is 36.5 Å². The Labute approximate surface area is 132 Å². The first kappa shape index (κ1) is 21.5. The van der Waals surface area contributed by atoms with Crippen molar-refractivity contribution in [3.05, 3.63) is 36.5 Å². The normalized spacial score (nSPS) is 14.6. The minimum Gasteiger partial charge on any atom is -0.324 e. The maximum atomic E-state index is 12.7. The fourth-order valence-corrected chi connectivity index (χ4v) is 3.58. The zero-order valence-corrected chi connectivity index (χ0v) is 15.3. The highest BCUT2D eigenvalue weighted by molar-refractivity contribution is 7.55. The summed E-state index contributed by atoms with van der Waals surface area (Å²) in [7, 11) is -7.24. The Hall–Kier alpha value is -0.480. The molecule has 0 bridgehead atoms. The van der Waals surface area contributed by atoms with Gasteiger partial charge in [-0.05, 0) is 27.7 Å². The quantitative estimate of drug-likeness (QED) is 0.458. The van der Waals surface area contributed by atoms with E-state index in [4.69, 9.17) is 18.8 Å². The lowest BCUT2D eigenvalue weighted by Gasteiger charge is -2.29. The van der Waals surface area contributed by atoms with Gasteiger partial charge in [0.2, 0.25) is 0 Å². The van der Waals surface area contributed by atoms with Crippen LogP contribution in [0.4, 0.5) is 0 Å². The summed E-state index contributed by atoms with van der Waals surface area (Å²) >= 11 is 0. The molecule has 0 unspecified atom stereocenters. The maximum absolute atomic E-state index is 12.7. The van der Waals surface area contributed by atoms with E-state index in [2.05, 4.69) is 0 Å². The van der Waals surface area contributed by atoms with Gasteiger partial charge in [-0.15, -0.1) is 0 Å². The third-order valence-electron chi connectivity index (χ3n) is 2.62. The van der Waals surface area contributed by atoms with Crippen LogP contribution in [0.1, 0.15) is 27.7 Å². The zero-order chi connectivity index (χ0) is 17.3. The average molecular weight is 352 g/mol. The van der Waals surface area contributed by atoms with Crippen molar-refractivity contribution in [1.29, 1.82) is 0 Å². The van der Waals surface area contributed by atoms with Crippen molar-refractivity contribution in [3.8, 4) is 0 Å². The summed E-state index contributed by atoms with van der Waals surface area (Å²) in [4.78, 5) is 17.4. The molecule has 128 valence electrons. The molecule has 0 aliphatic carbocycles. The average Bonchev–Trinajstić information content (AvgIpc) is 2.36. The van der Waals surface area contributed by atoms with Gasteiger partial charge in [-0.2, -0.15) is 0 Å². The van der Waals surface area contributed by atoms with E-state index in [-0.39, 0.29) is 6.16 Å². The SMILES string of the molecule is CCOP(=O)(OCC)C(C)(C)C=CC=CC=CCP(=O)(O)O. The van der Waals surface area contributed by atoms with Crippen LogP contribution >= 0.6 is 15.2 Å². The molecular weight excluding hydrogens is 326 g/mol. The predicted molar refractivity (Wildman–Crippen MR) is 89.3 cm³/mol. The fourth-order valence-electron chi connectivity index (χ4n) is 1.50. The van der Waals surface area contributed by atoms with E-state index >= 15 is 0 Å². The molecule has 8 heteroatoms. The molecule has 0 aliphatic heterocycles. The number of rotatable bonds is 10. The second-order valence-electron chi connectivity index (χ2n) is 5.01. The standard InChI is InChI=1S/C14H26O6P2/c1-5-19-22(18,20-6-2)14(3,4)12-10-8-7-9-11-13-21(15,16)17/h7-12H,5-6,13H2,1-4H3,(H2,15,16,17). The van der Waals surface area contributed by atoms with Crippen molar-refractivity contribution in [2.45, 2.75) is 32.9 Å². The van der Waals surface area contributed by atoms with Gasteiger partial charge in [0.15, 0.2) is 0 Å². The molecule has 0 aromatic carbocycles. The van der Waals surface area contributed by atoms with Crippen molar-refractivity contribution in [1.82, 2.24) is 0 Å². The molecule has 0 fully saturated rings. The smallest absolute Gasteiger partial charge is 0.324 e. The minimum absolute atomic E-state index is 0.295. The molecule has 0 radical (unpaired) electrons. The van der Waals surface area contributed by atoms with Crippen LogP contribution in [0.5, 0.6) is 0 Å². The van der Waals surface area contributed by atoms with E-state index in [9.17, 15) is 9.13 Å². The van der Waals surface area contributed by atoms with Crippen LogP contribution in [0.3, 0.4) is 0 Å². The van der Waals surface area contributed by atoms with Crippen molar-refractivity contribution in [2.24, 2.45) is 0 Å². The van der Waals surface area contributed by atoms with Crippen molar-refractivity contribution < 1.29 is 28.0 Å². The topological polar surface area (TPSA) is 93.1 Å². The molecule has 0 rings (SSSR count). The van der Waals surface area contributed by atoms with E-state index in [1.165, 1.54) is 6.08 Å². The lowest BCUT2D eigenvalue weighted by Crippen LogP contribution is -2.20. The van der Waals surface area contributed by atoms with Crippen LogP contribution in [0.2, 0.25) is 0 Å². The summed E-state index contributed by atoms with van der Waals surface area (Å²) in [6.07, 6.45) is 9.38. The van der Waals surface area contributed by atoms with Gasteiger partial charge < -0.3 is 18.8 Å². The Morgan fingerprint density at radius 1 is 0.955 bits per heavy atom. The van der Waals surface area contributed by atoms with Crippen LogP contribution in [-0.4, -0.2) is 34.3 Å². The van der Waals surface area contributed by atoms with Crippen molar-refractivity contribution in [2.75, 3.05) is 19.4 Å².